The molecule has 4 rings (SSSR count). The van der Waals surface area contributed by atoms with E-state index in [4.69, 9.17) is 11.6 Å². The van der Waals surface area contributed by atoms with Crippen molar-refractivity contribution < 1.29 is 4.79 Å². The van der Waals surface area contributed by atoms with Gasteiger partial charge in [0.25, 0.3) is 5.91 Å². The number of hydrogen-bond acceptors (Lipinski definition) is 3. The van der Waals surface area contributed by atoms with Gasteiger partial charge in [-0.2, -0.15) is 0 Å². The first kappa shape index (κ1) is 15.6. The number of rotatable bonds is 2. The van der Waals surface area contributed by atoms with Crippen molar-refractivity contribution in [3.63, 3.8) is 0 Å². The number of hydrogen-bond donors (Lipinski definition) is 0. The maximum atomic E-state index is 13.1. The number of piperidine rings is 1. The maximum Gasteiger partial charge on any atom is 0.264 e. The number of carbonyl (C=O) groups is 1. The fourth-order valence-corrected chi connectivity index (χ4v) is 4.70. The number of pyridine rings is 1. The summed E-state index contributed by atoms with van der Waals surface area (Å²) in [5.41, 5.74) is 1.12. The zero-order valence-electron chi connectivity index (χ0n) is 13.1. The van der Waals surface area contributed by atoms with Gasteiger partial charge in [-0.3, -0.25) is 9.78 Å². The van der Waals surface area contributed by atoms with Gasteiger partial charge >= 0.3 is 0 Å². The molecule has 1 aromatic carbocycles. The highest BCUT2D eigenvalue weighted by molar-refractivity contribution is 7.20. The average molecular weight is 357 g/mol. The third kappa shape index (κ3) is 2.80. The number of halogens is 1. The van der Waals surface area contributed by atoms with Crippen LogP contribution in [0.3, 0.4) is 0 Å². The first-order valence-corrected chi connectivity index (χ1v) is 9.32. The minimum atomic E-state index is 0.0980. The van der Waals surface area contributed by atoms with E-state index in [1.165, 1.54) is 11.3 Å². The molecule has 0 N–H and O–H groups in total. The molecule has 0 bridgehead atoms. The number of nitrogens with zero attached hydrogens (tertiary/aromatic N) is 2. The molecule has 0 aliphatic carbocycles. The van der Waals surface area contributed by atoms with Crippen LogP contribution in [0.4, 0.5) is 0 Å². The van der Waals surface area contributed by atoms with E-state index in [0.29, 0.717) is 5.02 Å². The molecule has 1 atom stereocenters. The van der Waals surface area contributed by atoms with Gasteiger partial charge in [0.05, 0.1) is 10.9 Å². The van der Waals surface area contributed by atoms with Crippen LogP contribution in [0.25, 0.3) is 10.1 Å². The minimum Gasteiger partial charge on any atom is -0.331 e. The Bertz CT molecular complexity index is 877. The molecule has 122 valence electrons. The van der Waals surface area contributed by atoms with E-state index in [2.05, 4.69) is 11.1 Å². The number of benzene rings is 1. The first-order valence-electron chi connectivity index (χ1n) is 8.13. The monoisotopic (exact) mass is 356 g/mol. The lowest BCUT2D eigenvalue weighted by Gasteiger charge is -2.35. The van der Waals surface area contributed by atoms with Crippen LogP contribution in [0.1, 0.15) is 40.5 Å². The summed E-state index contributed by atoms with van der Waals surface area (Å²) in [6.45, 7) is 0.792. The molecule has 5 heteroatoms. The van der Waals surface area contributed by atoms with Crippen LogP contribution >= 0.6 is 22.9 Å². The van der Waals surface area contributed by atoms with E-state index in [1.54, 1.807) is 6.20 Å². The topological polar surface area (TPSA) is 33.2 Å². The molecule has 0 spiro atoms. The minimum absolute atomic E-state index is 0.0980. The predicted molar refractivity (Wildman–Crippen MR) is 98.7 cm³/mol. The maximum absolute atomic E-state index is 13.1. The third-order valence-corrected chi connectivity index (χ3v) is 5.97. The van der Waals surface area contributed by atoms with Crippen molar-refractivity contribution in [1.29, 1.82) is 0 Å². The number of carbonyl (C=O) groups excluding carboxylic acids is 1. The average Bonchev–Trinajstić information content (AvgIpc) is 3.08. The summed E-state index contributed by atoms with van der Waals surface area (Å²) in [6, 6.07) is 11.8. The standard InChI is InChI=1S/C19H17ClN2OS/c20-15-6-3-8-17-14(15)11-18(24-17)19(23)22-10-2-1-7-16(22)13-5-4-9-21-12-13/h3-6,8-9,11-12,16H,1-2,7,10H2/t16-/m0/s1. The molecule has 0 saturated carbocycles. The van der Waals surface area contributed by atoms with Crippen molar-refractivity contribution in [2.45, 2.75) is 25.3 Å². The van der Waals surface area contributed by atoms with Crippen molar-refractivity contribution in [3.8, 4) is 0 Å². The van der Waals surface area contributed by atoms with E-state index >= 15 is 0 Å². The lowest BCUT2D eigenvalue weighted by Crippen LogP contribution is -2.38. The van der Waals surface area contributed by atoms with Gasteiger partial charge in [-0.25, -0.2) is 0 Å². The lowest BCUT2D eigenvalue weighted by atomic mass is 9.96. The van der Waals surface area contributed by atoms with Crippen LogP contribution in [-0.4, -0.2) is 22.3 Å². The summed E-state index contributed by atoms with van der Waals surface area (Å²) in [5.74, 6) is 0.0980. The van der Waals surface area contributed by atoms with Crippen LogP contribution in [0, 0.1) is 0 Å². The second-order valence-electron chi connectivity index (χ2n) is 6.06. The largest absolute Gasteiger partial charge is 0.331 e. The Morgan fingerprint density at radius 3 is 2.96 bits per heavy atom. The smallest absolute Gasteiger partial charge is 0.264 e. The highest BCUT2D eigenvalue weighted by Gasteiger charge is 2.29. The predicted octanol–water partition coefficient (Wildman–Crippen LogP) is 5.32. The second-order valence-corrected chi connectivity index (χ2v) is 7.55. The zero-order chi connectivity index (χ0) is 16.5. The molecule has 1 saturated heterocycles. The molecule has 2 aromatic heterocycles. The van der Waals surface area contributed by atoms with E-state index in [1.807, 2.05) is 41.4 Å². The van der Waals surface area contributed by atoms with Gasteiger partial charge in [-0.15, -0.1) is 11.3 Å². The van der Waals surface area contributed by atoms with Crippen LogP contribution < -0.4 is 0 Å². The van der Waals surface area contributed by atoms with Crippen LogP contribution in [0.2, 0.25) is 5.02 Å². The Labute approximate surface area is 149 Å². The Hall–Kier alpha value is -1.91. The molecular weight excluding hydrogens is 340 g/mol. The van der Waals surface area contributed by atoms with Gasteiger partial charge in [0.15, 0.2) is 0 Å². The van der Waals surface area contributed by atoms with Gasteiger partial charge in [0, 0.05) is 34.0 Å². The SMILES string of the molecule is O=C(c1cc2c(Cl)cccc2s1)N1CCCC[C@H]1c1cccnc1. The van der Waals surface area contributed by atoms with Crippen LogP contribution in [0.15, 0.2) is 48.8 Å². The van der Waals surface area contributed by atoms with E-state index in [0.717, 1.165) is 46.3 Å². The first-order chi connectivity index (χ1) is 11.7. The number of aromatic nitrogens is 1. The highest BCUT2D eigenvalue weighted by atomic mass is 35.5. The Morgan fingerprint density at radius 1 is 1.25 bits per heavy atom. The molecule has 3 heterocycles. The van der Waals surface area contributed by atoms with Gasteiger partial charge < -0.3 is 4.90 Å². The summed E-state index contributed by atoms with van der Waals surface area (Å²) >= 11 is 7.78. The fraction of sp³-hybridized carbons (Fsp3) is 0.263. The van der Waals surface area contributed by atoms with Gasteiger partial charge in [-0.05, 0) is 49.1 Å². The van der Waals surface area contributed by atoms with Crippen LogP contribution in [-0.2, 0) is 0 Å². The molecule has 3 nitrogen and oxygen atoms in total. The molecule has 0 radical (unpaired) electrons. The van der Waals surface area contributed by atoms with Crippen LogP contribution in [0.5, 0.6) is 0 Å². The molecule has 24 heavy (non-hydrogen) atoms. The molecule has 1 aliphatic rings. The lowest BCUT2D eigenvalue weighted by molar-refractivity contribution is 0.0616. The second kappa shape index (κ2) is 6.54. The number of amides is 1. The Kier molecular flexibility index (Phi) is 4.25. The molecule has 1 fully saturated rings. The quantitative estimate of drug-likeness (QED) is 0.622. The van der Waals surface area contributed by atoms with Gasteiger partial charge in [0.2, 0.25) is 0 Å². The Balaban J connectivity index is 1.69. The Morgan fingerprint density at radius 2 is 2.17 bits per heavy atom. The molecule has 0 unspecified atom stereocenters. The number of likely N-dealkylation sites (tertiary alicyclic amines) is 1. The molecule has 1 aliphatic heterocycles. The third-order valence-electron chi connectivity index (χ3n) is 4.55. The van der Waals surface area contributed by atoms with Gasteiger partial charge in [0.1, 0.15) is 0 Å². The molecule has 3 aromatic rings. The summed E-state index contributed by atoms with van der Waals surface area (Å²) < 4.78 is 1.06. The highest BCUT2D eigenvalue weighted by Crippen LogP contribution is 2.36. The van der Waals surface area contributed by atoms with Crippen molar-refractivity contribution >= 4 is 38.9 Å². The van der Waals surface area contributed by atoms with Crippen molar-refractivity contribution in [2.75, 3.05) is 6.54 Å². The fourth-order valence-electron chi connectivity index (χ4n) is 3.37. The van der Waals surface area contributed by atoms with E-state index in [-0.39, 0.29) is 11.9 Å². The van der Waals surface area contributed by atoms with E-state index < -0.39 is 0 Å². The molecule has 1 amide bonds. The number of thiophene rings is 1. The van der Waals surface area contributed by atoms with Crippen molar-refractivity contribution in [1.82, 2.24) is 9.88 Å². The van der Waals surface area contributed by atoms with Gasteiger partial charge in [-0.1, -0.05) is 23.7 Å². The number of fused-ring (bicyclic) bond motifs is 1. The summed E-state index contributed by atoms with van der Waals surface area (Å²) in [6.07, 6.45) is 6.82. The van der Waals surface area contributed by atoms with E-state index in [9.17, 15) is 4.79 Å². The van der Waals surface area contributed by atoms with Crippen molar-refractivity contribution in [3.05, 3.63) is 64.3 Å². The summed E-state index contributed by atoms with van der Waals surface area (Å²) in [4.78, 5) is 20.1. The van der Waals surface area contributed by atoms with Crippen molar-refractivity contribution in [2.24, 2.45) is 0 Å². The summed E-state index contributed by atoms with van der Waals surface area (Å²) in [7, 11) is 0. The summed E-state index contributed by atoms with van der Waals surface area (Å²) in [5, 5.41) is 1.66. The normalized spacial score (nSPS) is 18.0. The zero-order valence-corrected chi connectivity index (χ0v) is 14.7. The molecular formula is C19H17ClN2OS.